The van der Waals surface area contributed by atoms with Gasteiger partial charge in [-0.15, -0.1) is 0 Å². The summed E-state index contributed by atoms with van der Waals surface area (Å²) in [4.78, 5) is 21.4. The molecule has 1 aromatic heterocycles. The van der Waals surface area contributed by atoms with Gasteiger partial charge >= 0.3 is 0 Å². The molecule has 0 aromatic carbocycles. The smallest absolute Gasteiger partial charge is 0.156 e. The van der Waals surface area contributed by atoms with Crippen molar-refractivity contribution < 1.29 is 9.53 Å². The van der Waals surface area contributed by atoms with Gasteiger partial charge in [0.2, 0.25) is 0 Å². The first kappa shape index (κ1) is 14.2. The van der Waals surface area contributed by atoms with Crippen LogP contribution in [0, 0.1) is 6.92 Å². The zero-order valence-electron chi connectivity index (χ0n) is 11.2. The van der Waals surface area contributed by atoms with Gasteiger partial charge in [0.05, 0.1) is 11.7 Å². The van der Waals surface area contributed by atoms with Crippen molar-refractivity contribution >= 4 is 23.7 Å². The number of aromatic nitrogens is 2. The van der Waals surface area contributed by atoms with E-state index in [9.17, 15) is 4.79 Å². The van der Waals surface area contributed by atoms with Crippen molar-refractivity contribution in [3.05, 3.63) is 16.5 Å². The Morgan fingerprint density at radius 1 is 1.47 bits per heavy atom. The van der Waals surface area contributed by atoms with E-state index in [2.05, 4.69) is 9.97 Å². The number of carbonyl (C=O) groups is 1. The first-order chi connectivity index (χ1) is 9.11. The number of halogens is 1. The summed E-state index contributed by atoms with van der Waals surface area (Å²) in [5, 5.41) is 0.203. The number of ether oxygens (including phenoxy) is 1. The highest BCUT2D eigenvalue weighted by molar-refractivity contribution is 6.32. The SMILES string of the molecule is Cc1nc(Cl)c(C=O)c(N(C)CC2CCCCO2)n1. The van der Waals surface area contributed by atoms with E-state index in [0.717, 1.165) is 19.4 Å². The molecule has 1 aromatic rings. The minimum absolute atomic E-state index is 0.187. The van der Waals surface area contributed by atoms with Gasteiger partial charge in [-0.2, -0.15) is 0 Å². The van der Waals surface area contributed by atoms with Gasteiger partial charge in [-0.25, -0.2) is 9.97 Å². The lowest BCUT2D eigenvalue weighted by molar-refractivity contribution is 0.0215. The summed E-state index contributed by atoms with van der Waals surface area (Å²) in [6, 6.07) is 0. The Labute approximate surface area is 117 Å². The molecule has 1 aliphatic heterocycles. The Hall–Kier alpha value is -1.20. The lowest BCUT2D eigenvalue weighted by atomic mass is 10.1. The number of rotatable bonds is 4. The standard InChI is InChI=1S/C13H18ClN3O2/c1-9-15-12(14)11(8-18)13(16-9)17(2)7-10-5-3-4-6-19-10/h8,10H,3-7H2,1-2H3. The number of hydrogen-bond acceptors (Lipinski definition) is 5. The minimum Gasteiger partial charge on any atom is -0.376 e. The van der Waals surface area contributed by atoms with Crippen LogP contribution in [0.3, 0.4) is 0 Å². The number of aldehydes is 1. The molecule has 19 heavy (non-hydrogen) atoms. The van der Waals surface area contributed by atoms with Gasteiger partial charge in [-0.05, 0) is 26.2 Å². The Morgan fingerprint density at radius 3 is 2.89 bits per heavy atom. The fourth-order valence-corrected chi connectivity index (χ4v) is 2.52. The van der Waals surface area contributed by atoms with Crippen LogP contribution in [0.5, 0.6) is 0 Å². The Bertz CT molecular complexity index is 461. The summed E-state index contributed by atoms with van der Waals surface area (Å²) >= 11 is 5.98. The number of nitrogens with zero attached hydrogens (tertiary/aromatic N) is 3. The number of hydrogen-bond donors (Lipinski definition) is 0. The second kappa shape index (κ2) is 6.30. The third-order valence-corrected chi connectivity index (χ3v) is 3.51. The van der Waals surface area contributed by atoms with Gasteiger partial charge in [0.15, 0.2) is 6.29 Å². The molecule has 0 aliphatic carbocycles. The molecule has 0 bridgehead atoms. The van der Waals surface area contributed by atoms with Crippen LogP contribution in [0.1, 0.15) is 35.4 Å². The first-order valence-electron chi connectivity index (χ1n) is 6.44. The van der Waals surface area contributed by atoms with Gasteiger partial charge in [0.25, 0.3) is 0 Å². The zero-order chi connectivity index (χ0) is 13.8. The molecule has 0 saturated carbocycles. The van der Waals surface area contributed by atoms with Crippen LogP contribution in [0.4, 0.5) is 5.82 Å². The largest absolute Gasteiger partial charge is 0.376 e. The predicted molar refractivity (Wildman–Crippen MR) is 74.0 cm³/mol. The highest BCUT2D eigenvalue weighted by Crippen LogP contribution is 2.23. The molecule has 0 N–H and O–H groups in total. The van der Waals surface area contributed by atoms with E-state index < -0.39 is 0 Å². The lowest BCUT2D eigenvalue weighted by Gasteiger charge is -2.28. The van der Waals surface area contributed by atoms with E-state index in [4.69, 9.17) is 16.3 Å². The van der Waals surface area contributed by atoms with Gasteiger partial charge < -0.3 is 9.64 Å². The van der Waals surface area contributed by atoms with Crippen molar-refractivity contribution in [1.82, 2.24) is 9.97 Å². The van der Waals surface area contributed by atoms with Crippen LogP contribution in [0.25, 0.3) is 0 Å². The van der Waals surface area contributed by atoms with Crippen LogP contribution in [0.2, 0.25) is 5.15 Å². The molecule has 6 heteroatoms. The summed E-state index contributed by atoms with van der Waals surface area (Å²) in [5.74, 6) is 1.13. The Morgan fingerprint density at radius 2 is 2.26 bits per heavy atom. The predicted octanol–water partition coefficient (Wildman–Crippen LogP) is 2.26. The molecule has 0 radical (unpaired) electrons. The maximum absolute atomic E-state index is 11.1. The molecule has 0 amide bonds. The van der Waals surface area contributed by atoms with Crippen molar-refractivity contribution in [2.24, 2.45) is 0 Å². The number of carbonyl (C=O) groups excluding carboxylic acids is 1. The van der Waals surface area contributed by atoms with Crippen molar-refractivity contribution in [1.29, 1.82) is 0 Å². The second-order valence-electron chi connectivity index (χ2n) is 4.79. The molecular formula is C13H18ClN3O2. The molecule has 5 nitrogen and oxygen atoms in total. The maximum atomic E-state index is 11.1. The van der Waals surface area contributed by atoms with Gasteiger partial charge in [0, 0.05) is 20.2 Å². The van der Waals surface area contributed by atoms with E-state index in [-0.39, 0.29) is 11.3 Å². The zero-order valence-corrected chi connectivity index (χ0v) is 12.0. The van der Waals surface area contributed by atoms with E-state index >= 15 is 0 Å². The average molecular weight is 284 g/mol. The first-order valence-corrected chi connectivity index (χ1v) is 6.81. The molecule has 2 rings (SSSR count). The maximum Gasteiger partial charge on any atom is 0.156 e. The minimum atomic E-state index is 0.187. The van der Waals surface area contributed by atoms with Crippen molar-refractivity contribution in [3.63, 3.8) is 0 Å². The van der Waals surface area contributed by atoms with Crippen LogP contribution in [0.15, 0.2) is 0 Å². The van der Waals surface area contributed by atoms with Crippen molar-refractivity contribution in [2.75, 3.05) is 25.1 Å². The molecule has 104 valence electrons. The average Bonchev–Trinajstić information content (AvgIpc) is 2.39. The monoisotopic (exact) mass is 283 g/mol. The van der Waals surface area contributed by atoms with Gasteiger partial charge in [-0.1, -0.05) is 11.6 Å². The molecule has 2 heterocycles. The highest BCUT2D eigenvalue weighted by Gasteiger charge is 2.20. The number of anilines is 1. The fourth-order valence-electron chi connectivity index (χ4n) is 2.27. The van der Waals surface area contributed by atoms with Gasteiger partial charge in [-0.3, -0.25) is 4.79 Å². The summed E-state index contributed by atoms with van der Waals surface area (Å²) in [6.07, 6.45) is 4.24. The van der Waals surface area contributed by atoms with Gasteiger partial charge in [0.1, 0.15) is 16.8 Å². The third kappa shape index (κ3) is 3.42. The summed E-state index contributed by atoms with van der Waals surface area (Å²) in [7, 11) is 1.89. The fraction of sp³-hybridized carbons (Fsp3) is 0.615. The van der Waals surface area contributed by atoms with Crippen molar-refractivity contribution in [2.45, 2.75) is 32.3 Å². The van der Waals surface area contributed by atoms with Crippen molar-refractivity contribution in [3.8, 4) is 0 Å². The Balaban J connectivity index is 2.17. The normalized spacial score (nSPS) is 19.2. The Kier molecular flexibility index (Phi) is 4.71. The van der Waals surface area contributed by atoms with Crippen LogP contribution >= 0.6 is 11.6 Å². The van der Waals surface area contributed by atoms with E-state index in [1.54, 1.807) is 6.92 Å². The number of aryl methyl sites for hydroxylation is 1. The quantitative estimate of drug-likeness (QED) is 0.627. The summed E-state index contributed by atoms with van der Waals surface area (Å²) in [6.45, 7) is 3.27. The summed E-state index contributed by atoms with van der Waals surface area (Å²) in [5.41, 5.74) is 0.338. The molecular weight excluding hydrogens is 266 g/mol. The second-order valence-corrected chi connectivity index (χ2v) is 5.14. The van der Waals surface area contributed by atoms with Crippen LogP contribution in [-0.4, -0.2) is 42.6 Å². The molecule has 1 atom stereocenters. The molecule has 1 fully saturated rings. The summed E-state index contributed by atoms with van der Waals surface area (Å²) < 4.78 is 5.70. The lowest BCUT2D eigenvalue weighted by Crippen LogP contribution is -2.34. The van der Waals surface area contributed by atoms with E-state index in [1.165, 1.54) is 6.42 Å². The molecule has 1 aliphatic rings. The van der Waals surface area contributed by atoms with E-state index in [0.29, 0.717) is 30.0 Å². The number of likely N-dealkylation sites (N-methyl/N-ethyl adjacent to an activating group) is 1. The van der Waals surface area contributed by atoms with Crippen LogP contribution in [-0.2, 0) is 4.74 Å². The van der Waals surface area contributed by atoms with E-state index in [1.807, 2.05) is 11.9 Å². The molecule has 1 saturated heterocycles. The van der Waals surface area contributed by atoms with Crippen LogP contribution < -0.4 is 4.90 Å². The highest BCUT2D eigenvalue weighted by atomic mass is 35.5. The topological polar surface area (TPSA) is 55.3 Å². The third-order valence-electron chi connectivity index (χ3n) is 3.22. The molecule has 1 unspecified atom stereocenters. The molecule has 0 spiro atoms.